The quantitative estimate of drug-likeness (QED) is 0.874. The molecule has 0 aromatic carbocycles. The summed E-state index contributed by atoms with van der Waals surface area (Å²) in [4.78, 5) is 24.6. The molecule has 2 aromatic rings. The molecule has 0 bridgehead atoms. The number of hydrogen-bond donors (Lipinski definition) is 1. The molecule has 2 aromatic heterocycles. The van der Waals surface area contributed by atoms with Gasteiger partial charge in [0, 0.05) is 11.8 Å². The lowest BCUT2D eigenvalue weighted by molar-refractivity contribution is -0.114. The number of nitrogens with zero attached hydrogens (tertiary/aromatic N) is 1. The van der Waals surface area contributed by atoms with Gasteiger partial charge in [0.1, 0.15) is 17.4 Å². The lowest BCUT2D eigenvalue weighted by atomic mass is 10.1. The molecule has 118 valence electrons. The van der Waals surface area contributed by atoms with E-state index in [0.717, 1.165) is 16.0 Å². The molecule has 0 saturated carbocycles. The van der Waals surface area contributed by atoms with Crippen molar-refractivity contribution < 1.29 is 18.8 Å². The Hall–Kier alpha value is -2.15. The Morgan fingerprint density at radius 1 is 1.27 bits per heavy atom. The van der Waals surface area contributed by atoms with Crippen molar-refractivity contribution in [2.45, 2.75) is 41.2 Å². The number of carbonyl (C=O) groups excluding carboxylic acids is 2. The molecule has 0 unspecified atom stereocenters. The van der Waals surface area contributed by atoms with Gasteiger partial charge in [-0.05, 0) is 33.3 Å². The van der Waals surface area contributed by atoms with Gasteiger partial charge in [0.05, 0.1) is 16.8 Å². The molecule has 0 saturated heterocycles. The van der Waals surface area contributed by atoms with Crippen molar-refractivity contribution in [1.29, 1.82) is 0 Å². The molecule has 1 amide bonds. The van der Waals surface area contributed by atoms with Crippen LogP contribution in [0.25, 0.3) is 0 Å². The van der Waals surface area contributed by atoms with Crippen molar-refractivity contribution in [3.63, 3.8) is 0 Å². The van der Waals surface area contributed by atoms with Crippen molar-refractivity contribution in [2.24, 2.45) is 0 Å². The van der Waals surface area contributed by atoms with Crippen LogP contribution in [0.2, 0.25) is 0 Å². The monoisotopic (exact) mass is 322 g/mol. The molecule has 0 fully saturated rings. The van der Waals surface area contributed by atoms with E-state index in [9.17, 15) is 9.59 Å². The van der Waals surface area contributed by atoms with Gasteiger partial charge in [-0.1, -0.05) is 5.16 Å². The number of aromatic nitrogens is 1. The van der Waals surface area contributed by atoms with Gasteiger partial charge in [0.25, 0.3) is 0 Å². The molecule has 0 aliphatic heterocycles. The summed E-state index contributed by atoms with van der Waals surface area (Å²) >= 11 is 1.36. The maximum atomic E-state index is 12.4. The third-order valence-electron chi connectivity index (χ3n) is 3.41. The zero-order valence-electron chi connectivity index (χ0n) is 13.2. The van der Waals surface area contributed by atoms with Crippen molar-refractivity contribution in [3.8, 4) is 0 Å². The van der Waals surface area contributed by atoms with Crippen LogP contribution in [-0.4, -0.2) is 17.0 Å². The minimum absolute atomic E-state index is 0.0911. The first-order chi connectivity index (χ1) is 10.3. The summed E-state index contributed by atoms with van der Waals surface area (Å²) in [5, 5.41) is 7.02. The summed E-state index contributed by atoms with van der Waals surface area (Å²) in [5.74, 6) is -0.0581. The van der Waals surface area contributed by atoms with Crippen LogP contribution in [0.15, 0.2) is 4.52 Å². The Morgan fingerprint density at radius 3 is 2.50 bits per heavy atom. The number of amides is 1. The number of nitrogens with one attached hydrogen (secondary N) is 1. The summed E-state index contributed by atoms with van der Waals surface area (Å²) in [6.07, 6.45) is 0. The van der Waals surface area contributed by atoms with Crippen molar-refractivity contribution >= 4 is 28.2 Å². The molecule has 6 nitrogen and oxygen atoms in total. The van der Waals surface area contributed by atoms with Crippen LogP contribution < -0.4 is 5.32 Å². The number of ether oxygens (including phenoxy) is 1. The van der Waals surface area contributed by atoms with Crippen LogP contribution >= 0.6 is 11.3 Å². The Bertz CT molecular complexity index is 711. The summed E-state index contributed by atoms with van der Waals surface area (Å²) in [5.41, 5.74) is 2.69. The lowest BCUT2D eigenvalue weighted by Gasteiger charge is -2.07. The Morgan fingerprint density at radius 2 is 1.95 bits per heavy atom. The predicted molar refractivity (Wildman–Crippen MR) is 83.2 cm³/mol. The summed E-state index contributed by atoms with van der Waals surface area (Å²) in [6.45, 7) is 8.80. The minimum Gasteiger partial charge on any atom is -0.457 e. The number of carbonyl (C=O) groups is 2. The van der Waals surface area contributed by atoms with Crippen LogP contribution in [0, 0.1) is 27.7 Å². The average molecular weight is 322 g/mol. The molecule has 22 heavy (non-hydrogen) atoms. The Labute approximate surface area is 132 Å². The standard InChI is InChI=1S/C15H18N2O4S/c1-7-10(4)22-14(16-11(5)18)13(7)15(19)20-6-12-8(2)17-21-9(12)3/h6H2,1-5H3,(H,16,18). The first-order valence-corrected chi connectivity index (χ1v) is 7.59. The molecule has 0 atom stereocenters. The predicted octanol–water partition coefficient (Wildman–Crippen LogP) is 3.29. The van der Waals surface area contributed by atoms with Gasteiger partial charge in [-0.15, -0.1) is 11.3 Å². The number of hydrogen-bond acceptors (Lipinski definition) is 6. The number of thiophene rings is 1. The summed E-state index contributed by atoms with van der Waals surface area (Å²) < 4.78 is 10.4. The number of esters is 1. The van der Waals surface area contributed by atoms with E-state index in [1.54, 1.807) is 13.8 Å². The summed E-state index contributed by atoms with van der Waals surface area (Å²) in [7, 11) is 0. The van der Waals surface area contributed by atoms with E-state index in [0.29, 0.717) is 22.0 Å². The molecule has 2 heterocycles. The molecule has 0 aliphatic carbocycles. The largest absolute Gasteiger partial charge is 0.457 e. The maximum absolute atomic E-state index is 12.4. The van der Waals surface area contributed by atoms with Crippen LogP contribution in [-0.2, 0) is 16.1 Å². The van der Waals surface area contributed by atoms with E-state index in [-0.39, 0.29) is 12.5 Å². The molecular formula is C15H18N2O4S. The van der Waals surface area contributed by atoms with Gasteiger partial charge in [-0.25, -0.2) is 4.79 Å². The highest BCUT2D eigenvalue weighted by Crippen LogP contribution is 2.33. The van der Waals surface area contributed by atoms with Crippen LogP contribution in [0.5, 0.6) is 0 Å². The fourth-order valence-corrected chi connectivity index (χ4v) is 3.13. The van der Waals surface area contributed by atoms with Crippen LogP contribution in [0.3, 0.4) is 0 Å². The lowest BCUT2D eigenvalue weighted by Crippen LogP contribution is -2.12. The van der Waals surface area contributed by atoms with Gasteiger partial charge in [-0.3, -0.25) is 4.79 Å². The highest BCUT2D eigenvalue weighted by molar-refractivity contribution is 7.16. The second kappa shape index (κ2) is 6.31. The van der Waals surface area contributed by atoms with Crippen molar-refractivity contribution in [3.05, 3.63) is 33.0 Å². The second-order valence-electron chi connectivity index (χ2n) is 5.05. The molecule has 7 heteroatoms. The van der Waals surface area contributed by atoms with E-state index >= 15 is 0 Å². The normalized spacial score (nSPS) is 10.6. The third kappa shape index (κ3) is 3.19. The van der Waals surface area contributed by atoms with E-state index in [1.807, 2.05) is 13.8 Å². The van der Waals surface area contributed by atoms with E-state index in [2.05, 4.69) is 10.5 Å². The van der Waals surface area contributed by atoms with Gasteiger partial charge < -0.3 is 14.6 Å². The van der Waals surface area contributed by atoms with Crippen molar-refractivity contribution in [2.75, 3.05) is 5.32 Å². The Balaban J connectivity index is 2.21. The Kier molecular flexibility index (Phi) is 4.65. The highest BCUT2D eigenvalue weighted by Gasteiger charge is 2.22. The highest BCUT2D eigenvalue weighted by atomic mass is 32.1. The van der Waals surface area contributed by atoms with Gasteiger partial charge in [0.2, 0.25) is 5.91 Å². The van der Waals surface area contributed by atoms with E-state index < -0.39 is 5.97 Å². The first-order valence-electron chi connectivity index (χ1n) is 6.77. The zero-order chi connectivity index (χ0) is 16.4. The molecule has 0 spiro atoms. The third-order valence-corrected chi connectivity index (χ3v) is 4.53. The fourth-order valence-electron chi connectivity index (χ4n) is 2.04. The topological polar surface area (TPSA) is 81.4 Å². The maximum Gasteiger partial charge on any atom is 0.341 e. The van der Waals surface area contributed by atoms with E-state index in [1.165, 1.54) is 18.3 Å². The molecular weight excluding hydrogens is 304 g/mol. The van der Waals surface area contributed by atoms with Crippen LogP contribution in [0.1, 0.15) is 44.7 Å². The van der Waals surface area contributed by atoms with Gasteiger partial charge >= 0.3 is 5.97 Å². The smallest absolute Gasteiger partial charge is 0.341 e. The van der Waals surface area contributed by atoms with E-state index in [4.69, 9.17) is 9.26 Å². The molecule has 0 radical (unpaired) electrons. The molecule has 0 aliphatic rings. The molecule has 1 N–H and O–H groups in total. The average Bonchev–Trinajstić information content (AvgIpc) is 2.88. The minimum atomic E-state index is -0.467. The van der Waals surface area contributed by atoms with Crippen LogP contribution in [0.4, 0.5) is 5.00 Å². The number of rotatable bonds is 4. The molecule has 2 rings (SSSR count). The summed E-state index contributed by atoms with van der Waals surface area (Å²) in [6, 6.07) is 0. The fraction of sp³-hybridized carbons (Fsp3) is 0.400. The second-order valence-corrected chi connectivity index (χ2v) is 6.27. The number of aryl methyl sites for hydroxylation is 3. The van der Waals surface area contributed by atoms with Gasteiger partial charge in [0.15, 0.2) is 0 Å². The SMILES string of the molecule is CC(=O)Nc1sc(C)c(C)c1C(=O)OCc1c(C)noc1C. The first kappa shape index (κ1) is 16.2. The van der Waals surface area contributed by atoms with Gasteiger partial charge in [-0.2, -0.15) is 0 Å². The van der Waals surface area contributed by atoms with Crippen molar-refractivity contribution in [1.82, 2.24) is 5.16 Å². The number of anilines is 1. The zero-order valence-corrected chi connectivity index (χ0v) is 14.0.